The largest absolute Gasteiger partial charge is 0.507 e. The van der Waals surface area contributed by atoms with E-state index < -0.39 is 0 Å². The Balaban J connectivity index is 0.00000259. The van der Waals surface area contributed by atoms with Crippen molar-refractivity contribution in [2.24, 2.45) is 0 Å². The number of nitrogens with zero attached hydrogens (tertiary/aromatic N) is 4. The molecule has 1 saturated heterocycles. The average molecular weight is 487 g/mol. The number of piperidine rings is 1. The Kier molecular flexibility index (Phi) is 5.83. The van der Waals surface area contributed by atoms with Crippen LogP contribution in [0.3, 0.4) is 0 Å². The Bertz CT molecular complexity index is 1170. The van der Waals surface area contributed by atoms with Crippen LogP contribution in [-0.4, -0.2) is 44.5 Å². The zero-order chi connectivity index (χ0) is 22.8. The maximum Gasteiger partial charge on any atom is 0.180 e. The predicted octanol–water partition coefficient (Wildman–Crippen LogP) is 4.63. The number of hydrogen-bond donors (Lipinski definition) is 3. The summed E-state index contributed by atoms with van der Waals surface area (Å²) in [4.78, 5) is 7.80. The summed E-state index contributed by atoms with van der Waals surface area (Å²) in [5.41, 5.74) is 10.3. The number of halogens is 1. The first-order valence-electron chi connectivity index (χ1n) is 11.0. The summed E-state index contributed by atoms with van der Waals surface area (Å²) in [5, 5.41) is 24.0. The van der Waals surface area contributed by atoms with Crippen LogP contribution in [0.1, 0.15) is 51.0 Å². The van der Waals surface area contributed by atoms with E-state index in [4.69, 9.17) is 5.73 Å². The lowest BCUT2D eigenvalue weighted by molar-refractivity contribution is 0.160. The number of phenolic OH excluding ortho intramolecular Hbond substituents is 1. The molecular formula is C24H31ClN6OS. The third-order valence-electron chi connectivity index (χ3n) is 6.55. The minimum absolute atomic E-state index is 0. The number of hydrogen-bond acceptors (Lipinski definition) is 8. The second-order valence-electron chi connectivity index (χ2n) is 10.4. The Morgan fingerprint density at radius 1 is 1.09 bits per heavy atom. The summed E-state index contributed by atoms with van der Waals surface area (Å²) < 4.78 is 0. The van der Waals surface area contributed by atoms with Crippen molar-refractivity contribution in [3.63, 3.8) is 0 Å². The fourth-order valence-electron chi connectivity index (χ4n) is 5.46. The molecule has 5 rings (SSSR count). The lowest BCUT2D eigenvalue weighted by Gasteiger charge is -2.49. The number of aromatic hydroxyl groups is 1. The molecule has 2 aliphatic rings. The maximum atomic E-state index is 10.7. The Labute approximate surface area is 204 Å². The van der Waals surface area contributed by atoms with E-state index in [1.165, 1.54) is 11.3 Å². The fraction of sp³-hybridized carbons (Fsp3) is 0.458. The summed E-state index contributed by atoms with van der Waals surface area (Å²) in [6.45, 7) is 9.01. The highest BCUT2D eigenvalue weighted by atomic mass is 35.5. The number of thiazole rings is 1. The van der Waals surface area contributed by atoms with E-state index >= 15 is 0 Å². The van der Waals surface area contributed by atoms with E-state index in [2.05, 4.69) is 60.1 Å². The lowest BCUT2D eigenvalue weighted by Crippen LogP contribution is -2.62. The van der Waals surface area contributed by atoms with Crippen LogP contribution in [0.4, 0.5) is 10.9 Å². The highest BCUT2D eigenvalue weighted by Crippen LogP contribution is 2.44. The van der Waals surface area contributed by atoms with Crippen molar-refractivity contribution >= 4 is 34.7 Å². The molecule has 1 aliphatic heterocycles. The molecule has 1 aliphatic carbocycles. The number of nitrogens with two attached hydrogens (primary N) is 1. The number of nitrogen functional groups attached to an aromatic ring is 1. The molecule has 176 valence electrons. The van der Waals surface area contributed by atoms with Crippen LogP contribution >= 0.6 is 23.7 Å². The molecule has 33 heavy (non-hydrogen) atoms. The van der Waals surface area contributed by atoms with Gasteiger partial charge in [0.15, 0.2) is 10.9 Å². The average Bonchev–Trinajstić information content (AvgIpc) is 3.20. The summed E-state index contributed by atoms with van der Waals surface area (Å²) in [6.07, 6.45) is 2.84. The van der Waals surface area contributed by atoms with Gasteiger partial charge in [-0.05, 0) is 70.4 Å². The van der Waals surface area contributed by atoms with E-state index in [-0.39, 0.29) is 29.2 Å². The van der Waals surface area contributed by atoms with Crippen molar-refractivity contribution in [1.82, 2.24) is 20.5 Å². The Morgan fingerprint density at radius 3 is 2.42 bits per heavy atom. The monoisotopic (exact) mass is 486 g/mol. The molecule has 2 aromatic heterocycles. The van der Waals surface area contributed by atoms with Crippen LogP contribution in [0.2, 0.25) is 0 Å². The molecule has 9 heteroatoms. The first-order valence-corrected chi connectivity index (χ1v) is 11.8. The molecule has 0 saturated carbocycles. The molecule has 3 aromatic rings. The Morgan fingerprint density at radius 2 is 1.79 bits per heavy atom. The Hall–Kier alpha value is -2.42. The number of benzene rings is 1. The molecule has 0 radical (unpaired) electrons. The smallest absolute Gasteiger partial charge is 0.180 e. The van der Waals surface area contributed by atoms with Gasteiger partial charge >= 0.3 is 0 Å². The quantitative estimate of drug-likeness (QED) is 0.388. The van der Waals surface area contributed by atoms with Crippen LogP contribution in [0, 0.1) is 0 Å². The molecule has 0 bridgehead atoms. The summed E-state index contributed by atoms with van der Waals surface area (Å²) in [7, 11) is 2.09. The number of phenols is 1. The van der Waals surface area contributed by atoms with E-state index in [0.717, 1.165) is 46.8 Å². The van der Waals surface area contributed by atoms with Crippen LogP contribution in [0.5, 0.6) is 5.75 Å². The zero-order valence-electron chi connectivity index (χ0n) is 19.6. The standard InChI is InChI=1S/C24H30N6OS.ClH/c1-23(2)11-14(12-24(3,4)29-23)30(5)20-7-6-17(27-28-20)16-8-13-9-19-21(26-22(25)32-19)15(13)10-18(16)31;/h6-8,10,14,29,31H,9,11-12H2,1-5H3,(H2,25,26);1H. The van der Waals surface area contributed by atoms with Gasteiger partial charge in [-0.2, -0.15) is 0 Å². The van der Waals surface area contributed by atoms with Gasteiger partial charge in [0, 0.05) is 46.6 Å². The molecule has 0 spiro atoms. The van der Waals surface area contributed by atoms with E-state index in [1.807, 2.05) is 18.2 Å². The molecule has 7 nitrogen and oxygen atoms in total. The topological polar surface area (TPSA) is 100 Å². The minimum atomic E-state index is 0. The van der Waals surface area contributed by atoms with Crippen molar-refractivity contribution in [3.05, 3.63) is 34.7 Å². The first kappa shape index (κ1) is 23.7. The van der Waals surface area contributed by atoms with Crippen molar-refractivity contribution in [3.8, 4) is 28.3 Å². The number of rotatable bonds is 3. The molecule has 1 aromatic carbocycles. The van der Waals surface area contributed by atoms with Gasteiger partial charge in [0.25, 0.3) is 0 Å². The van der Waals surface area contributed by atoms with Gasteiger partial charge in [-0.1, -0.05) is 0 Å². The van der Waals surface area contributed by atoms with Crippen LogP contribution in [0.15, 0.2) is 24.3 Å². The van der Waals surface area contributed by atoms with Crippen LogP contribution in [0.25, 0.3) is 22.5 Å². The third kappa shape index (κ3) is 4.39. The fourth-order valence-corrected chi connectivity index (χ4v) is 6.33. The van der Waals surface area contributed by atoms with Crippen molar-refractivity contribution < 1.29 is 5.11 Å². The summed E-state index contributed by atoms with van der Waals surface area (Å²) >= 11 is 1.51. The molecular weight excluding hydrogens is 456 g/mol. The van der Waals surface area contributed by atoms with Gasteiger partial charge in [-0.15, -0.1) is 33.9 Å². The first-order chi connectivity index (χ1) is 15.0. The zero-order valence-corrected chi connectivity index (χ0v) is 21.3. The van der Waals surface area contributed by atoms with Crippen LogP contribution < -0.4 is 16.0 Å². The van der Waals surface area contributed by atoms with E-state index in [0.29, 0.717) is 22.4 Å². The number of fused-ring (bicyclic) bond motifs is 3. The third-order valence-corrected chi connectivity index (χ3v) is 7.43. The number of aromatic nitrogens is 3. The van der Waals surface area contributed by atoms with Gasteiger partial charge in [-0.3, -0.25) is 0 Å². The van der Waals surface area contributed by atoms with Gasteiger partial charge < -0.3 is 21.1 Å². The molecule has 0 amide bonds. The van der Waals surface area contributed by atoms with Gasteiger partial charge in [0.2, 0.25) is 0 Å². The second kappa shape index (κ2) is 8.11. The van der Waals surface area contributed by atoms with Gasteiger partial charge in [-0.25, -0.2) is 4.98 Å². The molecule has 1 fully saturated rings. The highest BCUT2D eigenvalue weighted by Gasteiger charge is 2.39. The predicted molar refractivity (Wildman–Crippen MR) is 137 cm³/mol. The number of anilines is 2. The normalized spacial score (nSPS) is 18.3. The van der Waals surface area contributed by atoms with E-state index in [1.54, 1.807) is 6.07 Å². The summed E-state index contributed by atoms with van der Waals surface area (Å²) in [6, 6.07) is 8.08. The maximum absolute atomic E-state index is 10.7. The number of nitrogens with one attached hydrogen (secondary N) is 1. The SMILES string of the molecule is CN(c1ccc(-c2cc3c(cc2O)-c2nc(N)sc2C3)nn1)C1CC(C)(C)NC(C)(C)C1.Cl. The molecule has 0 unspecified atom stereocenters. The van der Waals surface area contributed by atoms with Crippen LogP contribution in [-0.2, 0) is 6.42 Å². The molecule has 3 heterocycles. The van der Waals surface area contributed by atoms with Crippen molar-refractivity contribution in [2.45, 2.75) is 64.1 Å². The lowest BCUT2D eigenvalue weighted by atomic mass is 9.79. The van der Waals surface area contributed by atoms with Crippen molar-refractivity contribution in [2.75, 3.05) is 17.7 Å². The van der Waals surface area contributed by atoms with Gasteiger partial charge in [0.1, 0.15) is 5.75 Å². The highest BCUT2D eigenvalue weighted by molar-refractivity contribution is 7.15. The minimum Gasteiger partial charge on any atom is -0.507 e. The second-order valence-corrected chi connectivity index (χ2v) is 11.5. The van der Waals surface area contributed by atoms with E-state index in [9.17, 15) is 5.11 Å². The summed E-state index contributed by atoms with van der Waals surface area (Å²) in [5.74, 6) is 1.02. The molecule has 0 atom stereocenters. The molecule has 4 N–H and O–H groups in total. The van der Waals surface area contributed by atoms with Crippen molar-refractivity contribution in [1.29, 1.82) is 0 Å². The van der Waals surface area contributed by atoms with Gasteiger partial charge in [0.05, 0.1) is 11.4 Å².